The monoisotopic (exact) mass is 510 g/mol. The summed E-state index contributed by atoms with van der Waals surface area (Å²) in [5.74, 6) is -0.662. The number of thiophene rings is 1. The molecule has 188 valence electrons. The maximum absolute atomic E-state index is 15.3. The predicted molar refractivity (Wildman–Crippen MR) is 136 cm³/mol. The van der Waals surface area contributed by atoms with Crippen molar-refractivity contribution in [1.82, 2.24) is 10.3 Å². The van der Waals surface area contributed by atoms with Crippen LogP contribution in [0.25, 0.3) is 10.2 Å². The zero-order valence-corrected chi connectivity index (χ0v) is 21.0. The first kappa shape index (κ1) is 24.2. The highest BCUT2D eigenvalue weighted by molar-refractivity contribution is 7.21. The van der Waals surface area contributed by atoms with E-state index in [9.17, 15) is 10.1 Å². The number of aryl methyl sites for hydroxylation is 1. The number of nitrogens with two attached hydrogens (primary N) is 2. The predicted octanol–water partition coefficient (Wildman–Crippen LogP) is 2.48. The van der Waals surface area contributed by atoms with Gasteiger partial charge in [-0.1, -0.05) is 0 Å². The van der Waals surface area contributed by atoms with Crippen molar-refractivity contribution in [1.29, 1.82) is 5.26 Å². The number of anilines is 2. The van der Waals surface area contributed by atoms with E-state index in [1.807, 2.05) is 30.9 Å². The molecular formula is C25H27FN6O3S. The Balaban J connectivity index is 1.39. The Bertz CT molecular complexity index is 1420. The topological polar surface area (TPSA) is 140 Å². The second-order valence-corrected chi connectivity index (χ2v) is 10.5. The average Bonchev–Trinajstić information content (AvgIpc) is 3.35. The summed E-state index contributed by atoms with van der Waals surface area (Å²) in [5, 5.41) is 13.6. The molecule has 4 heterocycles. The quantitative estimate of drug-likeness (QED) is 0.486. The van der Waals surface area contributed by atoms with Gasteiger partial charge in [-0.15, -0.1) is 11.3 Å². The van der Waals surface area contributed by atoms with Crippen molar-refractivity contribution in [2.75, 3.05) is 37.4 Å². The highest BCUT2D eigenvalue weighted by Crippen LogP contribution is 2.40. The van der Waals surface area contributed by atoms with Gasteiger partial charge in [0.1, 0.15) is 39.5 Å². The van der Waals surface area contributed by atoms with E-state index >= 15 is 4.39 Å². The summed E-state index contributed by atoms with van der Waals surface area (Å²) in [6, 6.07) is 6.41. The second kappa shape index (κ2) is 8.89. The molecule has 0 unspecified atom stereocenters. The third kappa shape index (κ3) is 3.91. The average molecular weight is 511 g/mol. The Hall–Kier alpha value is -3.46. The summed E-state index contributed by atoms with van der Waals surface area (Å²) in [7, 11) is 1.59. The van der Waals surface area contributed by atoms with Gasteiger partial charge < -0.3 is 31.2 Å². The summed E-state index contributed by atoms with van der Waals surface area (Å²) in [6.07, 6.45) is 0.180. The number of aromatic nitrogens is 1. The van der Waals surface area contributed by atoms with Crippen molar-refractivity contribution in [2.24, 2.45) is 5.73 Å². The number of carbonyl (C=O) groups is 1. The molecule has 1 aromatic carbocycles. The summed E-state index contributed by atoms with van der Waals surface area (Å²) in [6.45, 7) is 4.69. The fourth-order valence-electron chi connectivity index (χ4n) is 4.84. The summed E-state index contributed by atoms with van der Waals surface area (Å²) < 4.78 is 26.8. The molecule has 1 saturated heterocycles. The third-order valence-electron chi connectivity index (χ3n) is 7.09. The third-order valence-corrected chi connectivity index (χ3v) is 8.20. The lowest BCUT2D eigenvalue weighted by Gasteiger charge is -2.30. The number of amides is 1. The SMILES string of the molecule is CO[C@]1(C)CN(c2cc(F)c3c(c2C#N)OC[C@H](NC(=O)c2sc4nc(C)ccc4c2N)C3)C[C@@H]1N. The molecular weight excluding hydrogens is 483 g/mol. The lowest BCUT2D eigenvalue weighted by atomic mass is 9.97. The molecule has 3 atom stereocenters. The first-order chi connectivity index (χ1) is 17.1. The van der Waals surface area contributed by atoms with Crippen LogP contribution in [0.4, 0.5) is 15.8 Å². The molecule has 5 N–H and O–H groups in total. The Kier molecular flexibility index (Phi) is 5.98. The lowest BCUT2D eigenvalue weighted by molar-refractivity contribution is 0.0129. The van der Waals surface area contributed by atoms with Gasteiger partial charge in [0.2, 0.25) is 0 Å². The van der Waals surface area contributed by atoms with Crippen molar-refractivity contribution in [3.05, 3.63) is 45.7 Å². The largest absolute Gasteiger partial charge is 0.490 e. The molecule has 0 saturated carbocycles. The molecule has 3 aromatic rings. The van der Waals surface area contributed by atoms with Crippen LogP contribution in [0.1, 0.15) is 33.4 Å². The van der Waals surface area contributed by atoms with Gasteiger partial charge in [0.15, 0.2) is 0 Å². The fourth-order valence-corrected chi connectivity index (χ4v) is 5.89. The number of nitrogens with one attached hydrogen (secondary N) is 1. The van der Waals surface area contributed by atoms with Gasteiger partial charge in [-0.05, 0) is 32.0 Å². The van der Waals surface area contributed by atoms with Crippen LogP contribution in [-0.2, 0) is 11.2 Å². The van der Waals surface area contributed by atoms with Crippen LogP contribution < -0.4 is 26.4 Å². The Morgan fingerprint density at radius 2 is 2.25 bits per heavy atom. The number of fused-ring (bicyclic) bond motifs is 2. The molecule has 0 spiro atoms. The molecule has 0 aliphatic carbocycles. The van der Waals surface area contributed by atoms with Crippen molar-refractivity contribution in [3.63, 3.8) is 0 Å². The van der Waals surface area contributed by atoms with Crippen molar-refractivity contribution in [2.45, 2.75) is 38.0 Å². The van der Waals surface area contributed by atoms with Crippen LogP contribution in [0.5, 0.6) is 5.75 Å². The fraction of sp³-hybridized carbons (Fsp3) is 0.400. The smallest absolute Gasteiger partial charge is 0.263 e. The van der Waals surface area contributed by atoms with Crippen LogP contribution in [-0.4, -0.2) is 55.4 Å². The minimum Gasteiger partial charge on any atom is -0.490 e. The number of nitriles is 1. The minimum absolute atomic E-state index is 0.0910. The van der Waals surface area contributed by atoms with E-state index < -0.39 is 17.5 Å². The number of methoxy groups -OCH3 is 1. The minimum atomic E-state index is -0.613. The first-order valence-electron chi connectivity index (χ1n) is 11.6. The number of ether oxygens (including phenoxy) is 2. The van der Waals surface area contributed by atoms with Gasteiger partial charge >= 0.3 is 0 Å². The van der Waals surface area contributed by atoms with Gasteiger partial charge in [0, 0.05) is 43.3 Å². The summed E-state index contributed by atoms with van der Waals surface area (Å²) in [5.41, 5.74) is 14.0. The number of hydrogen-bond acceptors (Lipinski definition) is 9. The summed E-state index contributed by atoms with van der Waals surface area (Å²) in [4.78, 5) is 20.4. The van der Waals surface area contributed by atoms with E-state index in [1.54, 1.807) is 7.11 Å². The number of hydrogen-bond donors (Lipinski definition) is 3. The van der Waals surface area contributed by atoms with Crippen LogP contribution >= 0.6 is 11.3 Å². The van der Waals surface area contributed by atoms with Crippen molar-refractivity contribution in [3.8, 4) is 11.8 Å². The number of halogens is 1. The maximum Gasteiger partial charge on any atom is 0.263 e. The number of rotatable bonds is 4. The molecule has 1 amide bonds. The molecule has 1 fully saturated rings. The number of carbonyl (C=O) groups excluding carboxylic acids is 1. The Labute approximate surface area is 211 Å². The highest BCUT2D eigenvalue weighted by Gasteiger charge is 2.43. The number of nitrogen functional groups attached to an aromatic ring is 1. The van der Waals surface area contributed by atoms with E-state index in [1.165, 1.54) is 17.4 Å². The van der Waals surface area contributed by atoms with Gasteiger partial charge in [-0.3, -0.25) is 4.79 Å². The molecule has 0 radical (unpaired) electrons. The lowest BCUT2D eigenvalue weighted by Crippen LogP contribution is -2.45. The van der Waals surface area contributed by atoms with Crippen molar-refractivity contribution < 1.29 is 18.7 Å². The van der Waals surface area contributed by atoms with Crippen molar-refractivity contribution >= 4 is 38.8 Å². The standard InChI is InChI=1S/C25H27FN6O3S/c1-12-4-5-14-20(29)22(36-24(14)30-12)23(33)31-13-6-15-17(26)7-18(16(8-27)21(15)35-10-13)32-9-19(28)25(2,11-32)34-3/h4-5,7,13,19H,6,9-11,28-29H2,1-3H3,(H,31,33)/t13-,19+,25-/m1/s1. The first-order valence-corrected chi connectivity index (χ1v) is 12.4. The van der Waals surface area contributed by atoms with Crippen LogP contribution in [0.15, 0.2) is 18.2 Å². The zero-order valence-electron chi connectivity index (χ0n) is 20.2. The molecule has 2 aliphatic rings. The molecule has 9 nitrogen and oxygen atoms in total. The Morgan fingerprint density at radius 3 is 2.94 bits per heavy atom. The van der Waals surface area contributed by atoms with Crippen LogP contribution in [0.3, 0.4) is 0 Å². The van der Waals surface area contributed by atoms with Gasteiger partial charge in [0.25, 0.3) is 5.91 Å². The van der Waals surface area contributed by atoms with E-state index in [-0.39, 0.29) is 41.9 Å². The second-order valence-electron chi connectivity index (χ2n) is 9.51. The highest BCUT2D eigenvalue weighted by atomic mass is 32.1. The Morgan fingerprint density at radius 1 is 1.47 bits per heavy atom. The van der Waals surface area contributed by atoms with Crippen LogP contribution in [0, 0.1) is 24.1 Å². The molecule has 2 aliphatic heterocycles. The molecule has 0 bridgehead atoms. The van der Waals surface area contributed by atoms with Gasteiger partial charge in [-0.25, -0.2) is 9.37 Å². The van der Waals surface area contributed by atoms with E-state index in [0.717, 1.165) is 11.1 Å². The zero-order chi connectivity index (χ0) is 25.8. The maximum atomic E-state index is 15.3. The molecule has 36 heavy (non-hydrogen) atoms. The molecule has 5 rings (SSSR count). The number of nitrogens with zero attached hydrogens (tertiary/aromatic N) is 3. The van der Waals surface area contributed by atoms with Crippen LogP contribution in [0.2, 0.25) is 0 Å². The van der Waals surface area contributed by atoms with Gasteiger partial charge in [-0.2, -0.15) is 5.26 Å². The molecule has 11 heteroatoms. The van der Waals surface area contributed by atoms with E-state index in [4.69, 9.17) is 20.9 Å². The number of benzene rings is 1. The van der Waals surface area contributed by atoms with E-state index in [2.05, 4.69) is 16.4 Å². The van der Waals surface area contributed by atoms with E-state index in [0.29, 0.717) is 34.2 Å². The van der Waals surface area contributed by atoms with Gasteiger partial charge in [0.05, 0.1) is 29.1 Å². The number of pyridine rings is 1. The normalized spacial score (nSPS) is 23.3. The molecule has 2 aromatic heterocycles. The summed E-state index contributed by atoms with van der Waals surface area (Å²) >= 11 is 1.22.